The van der Waals surface area contributed by atoms with Gasteiger partial charge in [0.05, 0.1) is 11.8 Å². The number of hydrogen-bond donors (Lipinski definition) is 1. The number of aromatic nitrogens is 3. The topological polar surface area (TPSA) is 59.8 Å². The zero-order valence-electron chi connectivity index (χ0n) is 16.3. The molecule has 2 aromatic heterocycles. The number of carbonyl (C=O) groups excluding carboxylic acids is 1. The summed E-state index contributed by atoms with van der Waals surface area (Å²) >= 11 is 9.01. The van der Waals surface area contributed by atoms with Gasteiger partial charge in [0.15, 0.2) is 11.0 Å². The first-order valence-electron chi connectivity index (χ1n) is 9.25. The Hall–Kier alpha value is -2.09. The number of hydrogen-bond acceptors (Lipinski definition) is 5. The first-order chi connectivity index (χ1) is 14.0. The molecule has 0 unspecified atom stereocenters. The van der Waals surface area contributed by atoms with Crippen molar-refractivity contribution in [2.75, 3.05) is 5.75 Å². The van der Waals surface area contributed by atoms with Crippen LogP contribution in [0.3, 0.4) is 0 Å². The van der Waals surface area contributed by atoms with Gasteiger partial charge < -0.3 is 5.32 Å². The number of benzene rings is 1. The van der Waals surface area contributed by atoms with Crippen LogP contribution in [0.1, 0.15) is 24.8 Å². The molecule has 1 N–H and O–H groups in total. The number of rotatable bonds is 9. The molecule has 1 amide bonds. The number of nitrogens with one attached hydrogen (secondary N) is 1. The second-order valence-corrected chi connectivity index (χ2v) is 9.16. The van der Waals surface area contributed by atoms with E-state index >= 15 is 0 Å². The van der Waals surface area contributed by atoms with Crippen molar-refractivity contribution >= 4 is 40.6 Å². The molecule has 1 atom stereocenters. The molecule has 8 heteroatoms. The van der Waals surface area contributed by atoms with Gasteiger partial charge >= 0.3 is 0 Å². The van der Waals surface area contributed by atoms with E-state index in [9.17, 15) is 4.79 Å². The Morgan fingerprint density at radius 1 is 1.31 bits per heavy atom. The van der Waals surface area contributed by atoms with Crippen LogP contribution in [0.5, 0.6) is 0 Å². The van der Waals surface area contributed by atoms with Crippen molar-refractivity contribution < 1.29 is 4.79 Å². The summed E-state index contributed by atoms with van der Waals surface area (Å²) in [5.74, 6) is 1.28. The lowest BCUT2D eigenvalue weighted by molar-refractivity contribution is -0.119. The van der Waals surface area contributed by atoms with Crippen LogP contribution in [0.4, 0.5) is 0 Å². The third kappa shape index (κ3) is 5.50. The van der Waals surface area contributed by atoms with Crippen molar-refractivity contribution in [3.8, 4) is 11.4 Å². The summed E-state index contributed by atoms with van der Waals surface area (Å²) in [6.45, 7) is 8.59. The number of thioether (sulfide) groups is 1. The average Bonchev–Trinajstić information content (AvgIpc) is 3.36. The summed E-state index contributed by atoms with van der Waals surface area (Å²) in [4.78, 5) is 13.8. The van der Waals surface area contributed by atoms with Gasteiger partial charge in [-0.1, -0.05) is 49.4 Å². The fraction of sp³-hybridized carbons (Fsp3) is 0.286. The van der Waals surface area contributed by atoms with E-state index in [0.717, 1.165) is 16.3 Å². The molecule has 0 aliphatic carbocycles. The second-order valence-electron chi connectivity index (χ2n) is 6.81. The molecule has 3 rings (SSSR count). The highest BCUT2D eigenvalue weighted by molar-refractivity contribution is 7.99. The predicted molar refractivity (Wildman–Crippen MR) is 121 cm³/mol. The van der Waals surface area contributed by atoms with Gasteiger partial charge in [-0.3, -0.25) is 9.36 Å². The molecule has 0 spiro atoms. The van der Waals surface area contributed by atoms with E-state index in [-0.39, 0.29) is 17.7 Å². The lowest BCUT2D eigenvalue weighted by Gasteiger charge is -2.21. The number of thiophene rings is 1. The summed E-state index contributed by atoms with van der Waals surface area (Å²) in [6, 6.07) is 11.5. The molecule has 2 heterocycles. The van der Waals surface area contributed by atoms with Crippen LogP contribution in [0.25, 0.3) is 11.4 Å². The highest BCUT2D eigenvalue weighted by Gasteiger charge is 2.20. The van der Waals surface area contributed by atoms with E-state index < -0.39 is 0 Å². The third-order valence-electron chi connectivity index (χ3n) is 4.30. The van der Waals surface area contributed by atoms with E-state index in [4.69, 9.17) is 11.6 Å². The fourth-order valence-electron chi connectivity index (χ4n) is 2.88. The van der Waals surface area contributed by atoms with E-state index in [0.29, 0.717) is 22.6 Å². The quantitative estimate of drug-likeness (QED) is 0.350. The van der Waals surface area contributed by atoms with Crippen molar-refractivity contribution in [2.24, 2.45) is 5.92 Å². The number of allylic oxidation sites excluding steroid dienone is 1. The van der Waals surface area contributed by atoms with Crippen molar-refractivity contribution in [3.05, 3.63) is 64.3 Å². The van der Waals surface area contributed by atoms with Crippen LogP contribution >= 0.6 is 34.7 Å². The zero-order chi connectivity index (χ0) is 20.8. The summed E-state index contributed by atoms with van der Waals surface area (Å²) in [6.07, 6.45) is 1.79. The third-order valence-corrected chi connectivity index (χ3v) is 6.47. The minimum Gasteiger partial charge on any atom is -0.347 e. The van der Waals surface area contributed by atoms with Crippen LogP contribution in [0.2, 0.25) is 5.02 Å². The molecule has 0 fully saturated rings. The Bertz CT molecular complexity index is 952. The maximum absolute atomic E-state index is 12.6. The first-order valence-corrected chi connectivity index (χ1v) is 11.5. The van der Waals surface area contributed by atoms with Crippen LogP contribution in [-0.2, 0) is 11.3 Å². The lowest BCUT2D eigenvalue weighted by Crippen LogP contribution is -2.32. The summed E-state index contributed by atoms with van der Waals surface area (Å²) < 4.78 is 1.95. The minimum absolute atomic E-state index is 0.0128. The first kappa shape index (κ1) is 21.6. The van der Waals surface area contributed by atoms with Gasteiger partial charge in [0.25, 0.3) is 0 Å². The molecule has 0 bridgehead atoms. The maximum Gasteiger partial charge on any atom is 0.230 e. The highest BCUT2D eigenvalue weighted by Crippen LogP contribution is 2.27. The van der Waals surface area contributed by atoms with E-state index in [1.165, 1.54) is 11.8 Å². The fourth-order valence-corrected chi connectivity index (χ4v) is 4.72. The second kappa shape index (κ2) is 10.1. The molecule has 29 heavy (non-hydrogen) atoms. The van der Waals surface area contributed by atoms with Gasteiger partial charge in [-0.2, -0.15) is 0 Å². The van der Waals surface area contributed by atoms with Crippen LogP contribution in [0, 0.1) is 5.92 Å². The van der Waals surface area contributed by atoms with Gasteiger partial charge in [0.2, 0.25) is 5.91 Å². The number of carbonyl (C=O) groups is 1. The van der Waals surface area contributed by atoms with E-state index in [1.807, 2.05) is 40.3 Å². The van der Waals surface area contributed by atoms with Crippen LogP contribution < -0.4 is 5.32 Å². The maximum atomic E-state index is 12.6. The van der Waals surface area contributed by atoms with Gasteiger partial charge in [0, 0.05) is 22.0 Å². The monoisotopic (exact) mass is 446 g/mol. The molecule has 5 nitrogen and oxygen atoms in total. The molecule has 1 aromatic carbocycles. The predicted octanol–water partition coefficient (Wildman–Crippen LogP) is 5.45. The van der Waals surface area contributed by atoms with E-state index in [2.05, 4.69) is 42.0 Å². The van der Waals surface area contributed by atoms with Crippen LogP contribution in [-0.4, -0.2) is 26.4 Å². The average molecular weight is 447 g/mol. The molecule has 3 aromatic rings. The minimum atomic E-state index is -0.0247. The van der Waals surface area contributed by atoms with E-state index in [1.54, 1.807) is 17.4 Å². The molecule has 0 aliphatic heterocycles. The normalized spacial score (nSPS) is 12.1. The number of amides is 1. The Morgan fingerprint density at radius 3 is 2.69 bits per heavy atom. The zero-order valence-corrected chi connectivity index (χ0v) is 18.7. The Kier molecular flexibility index (Phi) is 7.52. The Morgan fingerprint density at radius 2 is 2.07 bits per heavy atom. The number of nitrogens with zero attached hydrogens (tertiary/aromatic N) is 3. The standard InChI is InChI=1S/C21H23ClN4OS2/c1-4-11-26-20(15-7-9-16(22)10-8-15)24-25-21(26)29-13-18(27)23-19(14(2)3)17-6-5-12-28-17/h4-10,12,14,19H,1,11,13H2,2-3H3,(H,23,27)/t19-/m1/s1. The van der Waals surface area contributed by atoms with Gasteiger partial charge in [0.1, 0.15) is 0 Å². The van der Waals surface area contributed by atoms with Crippen molar-refractivity contribution in [1.29, 1.82) is 0 Å². The molecular formula is C21H23ClN4OS2. The smallest absolute Gasteiger partial charge is 0.230 e. The summed E-state index contributed by atoms with van der Waals surface area (Å²) in [5.41, 5.74) is 0.914. The summed E-state index contributed by atoms with van der Waals surface area (Å²) in [7, 11) is 0. The molecule has 0 saturated heterocycles. The van der Waals surface area contributed by atoms with Crippen molar-refractivity contribution in [1.82, 2.24) is 20.1 Å². The van der Waals surface area contributed by atoms with Crippen molar-refractivity contribution in [3.63, 3.8) is 0 Å². The molecular weight excluding hydrogens is 424 g/mol. The molecule has 152 valence electrons. The van der Waals surface area contributed by atoms with Gasteiger partial charge in [-0.25, -0.2) is 0 Å². The highest BCUT2D eigenvalue weighted by atomic mass is 35.5. The Labute approximate surface area is 184 Å². The lowest BCUT2D eigenvalue weighted by atomic mass is 10.0. The van der Waals surface area contributed by atoms with Gasteiger partial charge in [-0.05, 0) is 41.6 Å². The molecule has 0 aliphatic rings. The SMILES string of the molecule is C=CCn1c(SCC(=O)N[C@@H](c2cccs2)C(C)C)nnc1-c1ccc(Cl)cc1. The molecule has 0 radical (unpaired) electrons. The van der Waals surface area contributed by atoms with Crippen molar-refractivity contribution in [2.45, 2.75) is 31.6 Å². The molecule has 0 saturated carbocycles. The van der Waals surface area contributed by atoms with Crippen LogP contribution in [0.15, 0.2) is 59.6 Å². The Balaban J connectivity index is 1.70. The largest absolute Gasteiger partial charge is 0.347 e. The summed E-state index contributed by atoms with van der Waals surface area (Å²) in [5, 5.41) is 15.1. The number of halogens is 1. The van der Waals surface area contributed by atoms with Gasteiger partial charge in [-0.15, -0.1) is 28.1 Å².